The summed E-state index contributed by atoms with van der Waals surface area (Å²) in [5.74, 6) is 0.131. The smallest absolute Gasteiger partial charge is 0.219 e. The summed E-state index contributed by atoms with van der Waals surface area (Å²) in [4.78, 5) is 11.2. The first kappa shape index (κ1) is 13.1. The number of carbonyl (C=O) groups is 1. The molecule has 0 aliphatic rings. The molecular formula is C10H19N4OP. The lowest BCUT2D eigenvalue weighted by molar-refractivity contribution is -0.121. The molecule has 1 aromatic rings. The summed E-state index contributed by atoms with van der Waals surface area (Å²) < 4.78 is 1.81. The fraction of sp³-hybridized carbons (Fsp3) is 0.700. The maximum Gasteiger partial charge on any atom is 0.219 e. The van der Waals surface area contributed by atoms with E-state index in [-0.39, 0.29) is 5.91 Å². The molecule has 0 aromatic carbocycles. The van der Waals surface area contributed by atoms with Crippen LogP contribution >= 0.6 is 9.24 Å². The first-order chi connectivity index (χ1) is 7.76. The normalized spacial score (nSPS) is 10.4. The number of carbonyl (C=O) groups excluding carboxylic acids is 1. The Bertz CT molecular complexity index is 326. The predicted molar refractivity (Wildman–Crippen MR) is 66.0 cm³/mol. The average Bonchev–Trinajstić information content (AvgIpc) is 2.73. The van der Waals surface area contributed by atoms with Gasteiger partial charge in [0, 0.05) is 31.9 Å². The third-order valence-electron chi connectivity index (χ3n) is 2.16. The number of amides is 1. The molecule has 0 bridgehead atoms. The van der Waals surface area contributed by atoms with E-state index in [0.717, 1.165) is 31.2 Å². The van der Waals surface area contributed by atoms with Crippen molar-refractivity contribution < 1.29 is 4.79 Å². The molecule has 1 unspecified atom stereocenters. The van der Waals surface area contributed by atoms with Crippen LogP contribution in [0.3, 0.4) is 0 Å². The Morgan fingerprint density at radius 1 is 1.62 bits per heavy atom. The fourth-order valence-corrected chi connectivity index (χ4v) is 1.51. The van der Waals surface area contributed by atoms with E-state index in [2.05, 4.69) is 24.9 Å². The molecule has 0 aliphatic carbocycles. The number of aromatic nitrogens is 3. The third-order valence-corrected chi connectivity index (χ3v) is 2.58. The lowest BCUT2D eigenvalue weighted by Crippen LogP contribution is -2.24. The highest BCUT2D eigenvalue weighted by molar-refractivity contribution is 7.15. The maximum absolute atomic E-state index is 11.2. The largest absolute Gasteiger partial charge is 0.356 e. The van der Waals surface area contributed by atoms with Crippen molar-refractivity contribution in [1.29, 1.82) is 0 Å². The molecule has 1 aromatic heterocycles. The molecule has 0 saturated heterocycles. The minimum atomic E-state index is 0.131. The van der Waals surface area contributed by atoms with E-state index in [4.69, 9.17) is 0 Å². The van der Waals surface area contributed by atoms with E-state index >= 15 is 0 Å². The van der Waals surface area contributed by atoms with Gasteiger partial charge in [0.05, 0.1) is 5.69 Å². The molecule has 90 valence electrons. The van der Waals surface area contributed by atoms with Crippen molar-refractivity contribution in [3.63, 3.8) is 0 Å². The van der Waals surface area contributed by atoms with Crippen molar-refractivity contribution in [2.75, 3.05) is 6.54 Å². The minimum Gasteiger partial charge on any atom is -0.356 e. The number of hydrogen-bond donors (Lipinski definition) is 1. The van der Waals surface area contributed by atoms with Crippen molar-refractivity contribution in [2.45, 2.75) is 38.9 Å². The molecular weight excluding hydrogens is 223 g/mol. The van der Waals surface area contributed by atoms with Gasteiger partial charge in [-0.3, -0.25) is 9.48 Å². The van der Waals surface area contributed by atoms with Gasteiger partial charge in [0.25, 0.3) is 0 Å². The Morgan fingerprint density at radius 3 is 3.06 bits per heavy atom. The fourth-order valence-electron chi connectivity index (χ4n) is 1.33. The van der Waals surface area contributed by atoms with E-state index in [1.807, 2.05) is 17.8 Å². The molecule has 1 N–H and O–H groups in total. The summed E-state index contributed by atoms with van der Waals surface area (Å²) in [6.45, 7) is 3.50. The highest BCUT2D eigenvalue weighted by Crippen LogP contribution is 1.99. The van der Waals surface area contributed by atoms with Crippen molar-refractivity contribution in [1.82, 2.24) is 20.3 Å². The summed E-state index contributed by atoms with van der Waals surface area (Å²) in [5.41, 5.74) is 0.972. The molecule has 1 amide bonds. The number of nitrogens with zero attached hydrogens (tertiary/aromatic N) is 3. The molecule has 0 fully saturated rings. The van der Waals surface area contributed by atoms with Gasteiger partial charge in [-0.1, -0.05) is 12.1 Å². The standard InChI is InChI=1S/C10H19N4OP/c1-2-4-10(15)11-5-3-6-14-7-9(8-16)12-13-14/h7H,2-6,8,16H2,1H3,(H,11,15). The number of hydrogen-bond acceptors (Lipinski definition) is 3. The van der Waals surface area contributed by atoms with Crippen molar-refractivity contribution in [3.05, 3.63) is 11.9 Å². The summed E-state index contributed by atoms with van der Waals surface area (Å²) in [6.07, 6.45) is 5.15. The van der Waals surface area contributed by atoms with Crippen molar-refractivity contribution >= 4 is 15.1 Å². The zero-order valence-corrected chi connectivity index (χ0v) is 10.8. The van der Waals surface area contributed by atoms with Gasteiger partial charge in [-0.25, -0.2) is 0 Å². The highest BCUT2D eigenvalue weighted by Gasteiger charge is 2.00. The second-order valence-electron chi connectivity index (χ2n) is 3.63. The van der Waals surface area contributed by atoms with Gasteiger partial charge in [0.15, 0.2) is 0 Å². The van der Waals surface area contributed by atoms with Crippen LogP contribution in [0.4, 0.5) is 0 Å². The van der Waals surface area contributed by atoms with Crippen molar-refractivity contribution in [3.8, 4) is 0 Å². The summed E-state index contributed by atoms with van der Waals surface area (Å²) in [6, 6.07) is 0. The van der Waals surface area contributed by atoms with Gasteiger partial charge in [0.2, 0.25) is 5.91 Å². The highest BCUT2D eigenvalue weighted by atomic mass is 31.0. The van der Waals surface area contributed by atoms with Crippen LogP contribution in [0, 0.1) is 0 Å². The Labute approximate surface area is 98.2 Å². The van der Waals surface area contributed by atoms with Gasteiger partial charge in [0.1, 0.15) is 0 Å². The van der Waals surface area contributed by atoms with Crippen LogP contribution in [0.2, 0.25) is 0 Å². The van der Waals surface area contributed by atoms with Crippen LogP contribution in [-0.2, 0) is 17.5 Å². The molecule has 6 heteroatoms. The van der Waals surface area contributed by atoms with E-state index in [9.17, 15) is 4.79 Å². The Balaban J connectivity index is 2.13. The molecule has 1 heterocycles. The van der Waals surface area contributed by atoms with E-state index in [0.29, 0.717) is 13.0 Å². The molecule has 0 radical (unpaired) electrons. The molecule has 1 atom stereocenters. The topological polar surface area (TPSA) is 59.8 Å². The Morgan fingerprint density at radius 2 is 2.44 bits per heavy atom. The van der Waals surface area contributed by atoms with E-state index in [1.165, 1.54) is 0 Å². The first-order valence-corrected chi connectivity index (χ1v) is 6.43. The van der Waals surface area contributed by atoms with Gasteiger partial charge in [-0.2, -0.15) is 0 Å². The molecule has 16 heavy (non-hydrogen) atoms. The van der Waals surface area contributed by atoms with Crippen LogP contribution in [0.15, 0.2) is 6.20 Å². The minimum absolute atomic E-state index is 0.131. The summed E-state index contributed by atoms with van der Waals surface area (Å²) >= 11 is 0. The second-order valence-corrected chi connectivity index (χ2v) is 4.04. The Hall–Kier alpha value is -0.960. The summed E-state index contributed by atoms with van der Waals surface area (Å²) in [5, 5.41) is 10.8. The van der Waals surface area contributed by atoms with Crippen molar-refractivity contribution in [2.24, 2.45) is 0 Å². The second kappa shape index (κ2) is 7.34. The maximum atomic E-state index is 11.2. The van der Waals surface area contributed by atoms with Crippen LogP contribution in [0.5, 0.6) is 0 Å². The van der Waals surface area contributed by atoms with Crippen LogP contribution in [0.25, 0.3) is 0 Å². The molecule has 0 spiro atoms. The predicted octanol–water partition coefficient (Wildman–Crippen LogP) is 0.960. The van der Waals surface area contributed by atoms with Crippen LogP contribution < -0.4 is 5.32 Å². The molecule has 5 nitrogen and oxygen atoms in total. The first-order valence-electron chi connectivity index (χ1n) is 5.62. The SMILES string of the molecule is CCCC(=O)NCCCn1cc(CP)nn1. The lowest BCUT2D eigenvalue weighted by Gasteiger charge is -2.03. The zero-order valence-electron chi connectivity index (χ0n) is 9.65. The van der Waals surface area contributed by atoms with Crippen LogP contribution in [0.1, 0.15) is 31.9 Å². The monoisotopic (exact) mass is 242 g/mol. The number of nitrogens with one attached hydrogen (secondary N) is 1. The quantitative estimate of drug-likeness (QED) is 0.572. The molecule has 1 rings (SSSR count). The van der Waals surface area contributed by atoms with E-state index in [1.54, 1.807) is 0 Å². The number of aryl methyl sites for hydroxylation is 1. The zero-order chi connectivity index (χ0) is 11.8. The van der Waals surface area contributed by atoms with Gasteiger partial charge in [-0.15, -0.1) is 14.3 Å². The van der Waals surface area contributed by atoms with Gasteiger partial charge in [-0.05, 0) is 12.8 Å². The lowest BCUT2D eigenvalue weighted by atomic mass is 10.3. The van der Waals surface area contributed by atoms with E-state index < -0.39 is 0 Å². The summed E-state index contributed by atoms with van der Waals surface area (Å²) in [7, 11) is 2.62. The van der Waals surface area contributed by atoms with Gasteiger partial charge < -0.3 is 5.32 Å². The van der Waals surface area contributed by atoms with Gasteiger partial charge >= 0.3 is 0 Å². The molecule has 0 aliphatic heterocycles. The number of rotatable bonds is 7. The third kappa shape index (κ3) is 4.71. The molecule has 0 saturated carbocycles. The Kier molecular flexibility index (Phi) is 6.01. The average molecular weight is 242 g/mol. The van der Waals surface area contributed by atoms with Crippen LogP contribution in [-0.4, -0.2) is 27.4 Å².